The van der Waals surface area contributed by atoms with Crippen LogP contribution in [0, 0.1) is 21.4 Å². The van der Waals surface area contributed by atoms with E-state index in [0.29, 0.717) is 37.5 Å². The minimum Gasteiger partial charge on any atom is -0.486 e. The molecule has 0 radical (unpaired) electrons. The number of nitriles is 1. The molecule has 0 unspecified atom stereocenters. The molecule has 30 heavy (non-hydrogen) atoms. The quantitative estimate of drug-likeness (QED) is 0.139. The second kappa shape index (κ2) is 9.90. The Balaban J connectivity index is 1.88. The summed E-state index contributed by atoms with van der Waals surface area (Å²) >= 11 is 13.2. The molecule has 5 nitrogen and oxygen atoms in total. The zero-order valence-electron chi connectivity index (χ0n) is 15.3. The number of non-ortho nitro benzene ring substituents is 1. The molecule has 0 N–H and O–H groups in total. The van der Waals surface area contributed by atoms with Gasteiger partial charge in [0.2, 0.25) is 0 Å². The van der Waals surface area contributed by atoms with Crippen molar-refractivity contribution >= 4 is 60.8 Å². The normalized spacial score (nSPS) is 11.1. The Morgan fingerprint density at radius 1 is 1.13 bits per heavy atom. The molecule has 3 rings (SSSR count). The lowest BCUT2D eigenvalue weighted by atomic mass is 10.0. The molecule has 0 heterocycles. The van der Waals surface area contributed by atoms with Crippen LogP contribution >= 0.6 is 43.5 Å². The van der Waals surface area contributed by atoms with Crippen molar-refractivity contribution in [2.24, 2.45) is 0 Å². The largest absolute Gasteiger partial charge is 0.486 e. The molecule has 3 aromatic rings. The minimum absolute atomic E-state index is 0.0701. The lowest BCUT2D eigenvalue weighted by Crippen LogP contribution is -1.98. The molecule has 8 heteroatoms. The summed E-state index contributed by atoms with van der Waals surface area (Å²) in [5, 5.41) is 21.2. The molecule has 0 bridgehead atoms. The van der Waals surface area contributed by atoms with Crippen LogP contribution in [0.15, 0.2) is 69.6 Å². The Morgan fingerprint density at radius 3 is 2.47 bits per heavy atom. The minimum atomic E-state index is -0.489. The van der Waals surface area contributed by atoms with Gasteiger partial charge in [-0.05, 0) is 67.3 Å². The maximum atomic E-state index is 11.0. The average Bonchev–Trinajstić information content (AvgIpc) is 2.72. The second-order valence-electron chi connectivity index (χ2n) is 6.17. The summed E-state index contributed by atoms with van der Waals surface area (Å²) in [5.74, 6) is 0.598. The Morgan fingerprint density at radius 2 is 1.83 bits per heavy atom. The summed E-state index contributed by atoms with van der Waals surface area (Å²) in [6.45, 7) is 0.295. The first-order valence-corrected chi connectivity index (χ1v) is 10.6. The smallest absolute Gasteiger partial charge is 0.270 e. The molecule has 0 fully saturated rings. The summed E-state index contributed by atoms with van der Waals surface area (Å²) < 4.78 is 7.28. The van der Waals surface area contributed by atoms with E-state index in [4.69, 9.17) is 16.3 Å². The first-order chi connectivity index (χ1) is 14.4. The van der Waals surface area contributed by atoms with Crippen molar-refractivity contribution in [3.05, 3.63) is 101 Å². The van der Waals surface area contributed by atoms with Gasteiger partial charge in [0.25, 0.3) is 5.69 Å². The highest BCUT2D eigenvalue weighted by Gasteiger charge is 2.12. The fourth-order valence-corrected chi connectivity index (χ4v) is 4.34. The van der Waals surface area contributed by atoms with E-state index in [2.05, 4.69) is 37.9 Å². The summed E-state index contributed by atoms with van der Waals surface area (Å²) in [6, 6.07) is 19.1. The molecule has 0 aromatic heterocycles. The molecular formula is C22H13Br2ClN2O3. The molecule has 0 spiro atoms. The Bertz CT molecular complexity index is 1170. The summed E-state index contributed by atoms with van der Waals surface area (Å²) in [4.78, 5) is 10.5. The average molecular weight is 549 g/mol. The van der Waals surface area contributed by atoms with Gasteiger partial charge < -0.3 is 4.74 Å². The van der Waals surface area contributed by atoms with E-state index in [1.54, 1.807) is 36.4 Å². The number of allylic oxidation sites excluding steroid dienone is 1. The van der Waals surface area contributed by atoms with Crippen molar-refractivity contribution in [1.82, 2.24) is 0 Å². The van der Waals surface area contributed by atoms with Crippen molar-refractivity contribution in [2.75, 3.05) is 0 Å². The maximum Gasteiger partial charge on any atom is 0.270 e. The van der Waals surface area contributed by atoms with Gasteiger partial charge in [-0.15, -0.1) is 0 Å². The highest BCUT2D eigenvalue weighted by atomic mass is 79.9. The zero-order valence-corrected chi connectivity index (χ0v) is 19.2. The molecule has 0 saturated heterocycles. The van der Waals surface area contributed by atoms with E-state index in [1.807, 2.05) is 18.2 Å². The number of nitro benzene ring substituents is 1. The third-order valence-electron chi connectivity index (χ3n) is 4.15. The van der Waals surface area contributed by atoms with Crippen molar-refractivity contribution in [2.45, 2.75) is 6.61 Å². The van der Waals surface area contributed by atoms with E-state index in [0.717, 1.165) is 11.1 Å². The summed E-state index contributed by atoms with van der Waals surface area (Å²) in [5.41, 5.74) is 2.29. The molecule has 0 atom stereocenters. The Labute approximate surface area is 195 Å². The van der Waals surface area contributed by atoms with Crippen LogP contribution in [-0.2, 0) is 6.61 Å². The number of nitro groups is 1. The van der Waals surface area contributed by atoms with Crippen LogP contribution in [0.1, 0.15) is 16.7 Å². The molecule has 0 aliphatic carbocycles. The van der Waals surface area contributed by atoms with Crippen molar-refractivity contribution < 1.29 is 9.66 Å². The number of halogens is 3. The van der Waals surface area contributed by atoms with Gasteiger partial charge in [-0.2, -0.15) is 5.26 Å². The third kappa shape index (κ3) is 5.28. The molecule has 3 aromatic carbocycles. The van der Waals surface area contributed by atoms with E-state index in [9.17, 15) is 15.4 Å². The highest BCUT2D eigenvalue weighted by Crippen LogP contribution is 2.37. The monoisotopic (exact) mass is 546 g/mol. The van der Waals surface area contributed by atoms with Crippen molar-refractivity contribution in [3.63, 3.8) is 0 Å². The van der Waals surface area contributed by atoms with Crippen LogP contribution in [0.4, 0.5) is 5.69 Å². The fourth-order valence-electron chi connectivity index (χ4n) is 2.70. The number of benzene rings is 3. The zero-order chi connectivity index (χ0) is 21.7. The number of nitrogens with zero attached hydrogens (tertiary/aromatic N) is 2. The predicted molar refractivity (Wildman–Crippen MR) is 124 cm³/mol. The molecule has 0 aliphatic rings. The number of rotatable bonds is 6. The number of hydrogen-bond acceptors (Lipinski definition) is 4. The van der Waals surface area contributed by atoms with Gasteiger partial charge in [-0.25, -0.2) is 0 Å². The molecule has 0 amide bonds. The summed E-state index contributed by atoms with van der Waals surface area (Å²) in [6.07, 6.45) is 1.66. The van der Waals surface area contributed by atoms with Gasteiger partial charge >= 0.3 is 0 Å². The Hall–Kier alpha value is -2.66. The van der Waals surface area contributed by atoms with Gasteiger partial charge in [0.15, 0.2) is 0 Å². The van der Waals surface area contributed by atoms with Crippen LogP contribution in [0.25, 0.3) is 11.6 Å². The molecule has 0 saturated carbocycles. The van der Waals surface area contributed by atoms with E-state index >= 15 is 0 Å². The summed E-state index contributed by atoms with van der Waals surface area (Å²) in [7, 11) is 0. The first kappa shape index (κ1) is 22.0. The molecular weight excluding hydrogens is 536 g/mol. The van der Waals surface area contributed by atoms with Crippen LogP contribution in [0.3, 0.4) is 0 Å². The number of ether oxygens (including phenoxy) is 1. The topological polar surface area (TPSA) is 76.2 Å². The van der Waals surface area contributed by atoms with Gasteiger partial charge in [-0.1, -0.05) is 41.9 Å². The van der Waals surface area contributed by atoms with Crippen LogP contribution in [0.2, 0.25) is 5.02 Å². The third-order valence-corrected chi connectivity index (χ3v) is 5.70. The standard InChI is InChI=1S/C22H13Br2ClN2O3/c23-19-9-14(8-17(12-26)15-5-3-6-18(11-15)27(28)29)10-20(24)22(19)30-13-16-4-1-2-7-21(16)25/h1-11H,13H2/b17-8-. The van der Waals surface area contributed by atoms with E-state index in [-0.39, 0.29) is 5.69 Å². The van der Waals surface area contributed by atoms with Gasteiger partial charge in [0, 0.05) is 22.7 Å². The van der Waals surface area contributed by atoms with Gasteiger partial charge in [-0.3, -0.25) is 10.1 Å². The number of hydrogen-bond donors (Lipinski definition) is 0. The van der Waals surface area contributed by atoms with Crippen LogP contribution < -0.4 is 4.74 Å². The maximum absolute atomic E-state index is 11.0. The Kier molecular flexibility index (Phi) is 7.27. The van der Waals surface area contributed by atoms with Crippen molar-refractivity contribution in [3.8, 4) is 11.8 Å². The lowest BCUT2D eigenvalue weighted by molar-refractivity contribution is -0.384. The van der Waals surface area contributed by atoms with Crippen LogP contribution in [-0.4, -0.2) is 4.92 Å². The SMILES string of the molecule is N#C/C(=C/c1cc(Br)c(OCc2ccccc2Cl)c(Br)c1)c1cccc([N+](=O)[O-])c1. The molecule has 150 valence electrons. The van der Waals surface area contributed by atoms with E-state index < -0.39 is 4.92 Å². The lowest BCUT2D eigenvalue weighted by Gasteiger charge is -2.12. The highest BCUT2D eigenvalue weighted by molar-refractivity contribution is 9.11. The fraction of sp³-hybridized carbons (Fsp3) is 0.0455. The first-order valence-electron chi connectivity index (χ1n) is 8.61. The van der Waals surface area contributed by atoms with Gasteiger partial charge in [0.1, 0.15) is 12.4 Å². The molecule has 0 aliphatic heterocycles. The second-order valence-corrected chi connectivity index (χ2v) is 8.29. The van der Waals surface area contributed by atoms with Crippen LogP contribution in [0.5, 0.6) is 5.75 Å². The van der Waals surface area contributed by atoms with Crippen molar-refractivity contribution in [1.29, 1.82) is 5.26 Å². The van der Waals surface area contributed by atoms with E-state index in [1.165, 1.54) is 12.1 Å². The predicted octanol–water partition coefficient (Wildman–Crippen LogP) is 7.42. The van der Waals surface area contributed by atoms with Gasteiger partial charge in [0.05, 0.1) is 25.5 Å².